The van der Waals surface area contributed by atoms with E-state index in [-0.39, 0.29) is 0 Å². The van der Waals surface area contributed by atoms with E-state index in [1.165, 1.54) is 68.4 Å². The van der Waals surface area contributed by atoms with Crippen molar-refractivity contribution in [1.29, 1.82) is 0 Å². The van der Waals surface area contributed by atoms with Crippen LogP contribution in [0.1, 0.15) is 87.7 Å². The lowest BCUT2D eigenvalue weighted by Gasteiger charge is -2.44. The second-order valence-corrected chi connectivity index (χ2v) is 11.8. The number of hydrogen-bond donors (Lipinski definition) is 1. The van der Waals surface area contributed by atoms with E-state index in [4.69, 9.17) is 4.98 Å². The molecule has 0 spiro atoms. The zero-order valence-corrected chi connectivity index (χ0v) is 21.8. The average molecular weight is 471 g/mol. The molecule has 0 amide bonds. The maximum Gasteiger partial charge on any atom is 0.106 e. The Morgan fingerprint density at radius 1 is 0.943 bits per heavy atom. The van der Waals surface area contributed by atoms with Gasteiger partial charge in [-0.2, -0.15) is 0 Å². The molecule has 186 valence electrons. The average Bonchev–Trinajstić information content (AvgIpc) is 3.34. The van der Waals surface area contributed by atoms with Crippen LogP contribution in [-0.2, 0) is 5.41 Å². The van der Waals surface area contributed by atoms with Crippen LogP contribution < -0.4 is 5.32 Å². The maximum absolute atomic E-state index is 4.88. The molecule has 3 saturated heterocycles. The Labute approximate surface area is 211 Å². The Balaban J connectivity index is 1.19. The van der Waals surface area contributed by atoms with Crippen molar-refractivity contribution in [3.8, 4) is 0 Å². The zero-order chi connectivity index (χ0) is 24.0. The van der Waals surface area contributed by atoms with Crippen molar-refractivity contribution >= 4 is 11.0 Å². The molecule has 2 aromatic carbocycles. The van der Waals surface area contributed by atoms with E-state index >= 15 is 0 Å². The van der Waals surface area contributed by atoms with Crippen molar-refractivity contribution < 1.29 is 0 Å². The summed E-state index contributed by atoms with van der Waals surface area (Å²) >= 11 is 0. The number of piperidine rings is 2. The number of benzene rings is 2. The van der Waals surface area contributed by atoms with Gasteiger partial charge in [0, 0.05) is 18.1 Å². The molecule has 1 aromatic heterocycles. The van der Waals surface area contributed by atoms with Crippen molar-refractivity contribution in [2.75, 3.05) is 19.6 Å². The predicted octanol–water partition coefficient (Wildman–Crippen LogP) is 6.35. The van der Waals surface area contributed by atoms with Gasteiger partial charge in [-0.25, -0.2) is 4.98 Å². The number of nitrogens with zero attached hydrogens (tertiary/aromatic N) is 3. The van der Waals surface area contributed by atoms with Gasteiger partial charge in [0.2, 0.25) is 0 Å². The molecular formula is C31H42N4. The van der Waals surface area contributed by atoms with Crippen LogP contribution in [-0.4, -0.2) is 46.2 Å². The second kappa shape index (κ2) is 9.37. The Morgan fingerprint density at radius 2 is 1.63 bits per heavy atom. The molecule has 2 bridgehead atoms. The topological polar surface area (TPSA) is 33.1 Å². The minimum atomic E-state index is 0.328. The SMILES string of the molecule is Cc1nc2ccccc2n1C1C[C@H]2CC[C@@H](C1)N2CCC1(c2ccc(C(C)C)cc2)CCNCC1. The molecule has 35 heavy (non-hydrogen) atoms. The molecule has 1 N–H and O–H groups in total. The number of nitrogens with one attached hydrogen (secondary N) is 1. The molecule has 3 aromatic rings. The third kappa shape index (κ3) is 4.23. The maximum atomic E-state index is 4.88. The molecule has 3 aliphatic heterocycles. The van der Waals surface area contributed by atoms with E-state index in [1.54, 1.807) is 5.56 Å². The summed E-state index contributed by atoms with van der Waals surface area (Å²) in [5, 5.41) is 3.63. The molecule has 1 unspecified atom stereocenters. The first kappa shape index (κ1) is 23.2. The van der Waals surface area contributed by atoms with E-state index < -0.39 is 0 Å². The van der Waals surface area contributed by atoms with Crippen molar-refractivity contribution in [3.63, 3.8) is 0 Å². The van der Waals surface area contributed by atoms with Crippen molar-refractivity contribution in [3.05, 3.63) is 65.5 Å². The van der Waals surface area contributed by atoms with E-state index in [2.05, 4.69) is 84.1 Å². The Hall–Kier alpha value is -2.17. The number of rotatable bonds is 6. The van der Waals surface area contributed by atoms with Gasteiger partial charge in [0.25, 0.3) is 0 Å². The fourth-order valence-electron chi connectivity index (χ4n) is 7.60. The summed E-state index contributed by atoms with van der Waals surface area (Å²) < 4.78 is 2.56. The molecule has 0 saturated carbocycles. The monoisotopic (exact) mass is 470 g/mol. The van der Waals surface area contributed by atoms with Gasteiger partial charge in [-0.1, -0.05) is 50.2 Å². The normalized spacial score (nSPS) is 26.6. The fourth-order valence-corrected chi connectivity index (χ4v) is 7.60. The van der Waals surface area contributed by atoms with Crippen LogP contribution >= 0.6 is 0 Å². The Morgan fingerprint density at radius 3 is 2.31 bits per heavy atom. The van der Waals surface area contributed by atoms with Gasteiger partial charge in [0.15, 0.2) is 0 Å². The van der Waals surface area contributed by atoms with Crippen molar-refractivity contribution in [1.82, 2.24) is 19.8 Å². The lowest BCUT2D eigenvalue weighted by molar-refractivity contribution is 0.0929. The molecule has 6 rings (SSSR count). The molecule has 3 atom stereocenters. The number of para-hydroxylation sites is 2. The van der Waals surface area contributed by atoms with E-state index in [1.807, 2.05) is 0 Å². The van der Waals surface area contributed by atoms with Gasteiger partial charge in [-0.15, -0.1) is 0 Å². The molecule has 3 fully saturated rings. The number of aryl methyl sites for hydroxylation is 1. The summed E-state index contributed by atoms with van der Waals surface area (Å²) in [6, 6.07) is 20.4. The van der Waals surface area contributed by atoms with E-state index in [0.29, 0.717) is 17.4 Å². The third-order valence-corrected chi connectivity index (χ3v) is 9.60. The summed E-state index contributed by atoms with van der Waals surface area (Å²) in [5.74, 6) is 1.78. The van der Waals surface area contributed by atoms with Crippen LogP contribution in [0.5, 0.6) is 0 Å². The highest BCUT2D eigenvalue weighted by Crippen LogP contribution is 2.44. The number of aromatic nitrogens is 2. The quantitative estimate of drug-likeness (QED) is 0.456. The van der Waals surface area contributed by atoms with Crippen LogP contribution in [0.15, 0.2) is 48.5 Å². The largest absolute Gasteiger partial charge is 0.325 e. The van der Waals surface area contributed by atoms with Gasteiger partial charge in [-0.3, -0.25) is 4.90 Å². The highest BCUT2D eigenvalue weighted by Gasteiger charge is 2.43. The lowest BCUT2D eigenvalue weighted by Crippen LogP contribution is -2.47. The fraction of sp³-hybridized carbons (Fsp3) is 0.581. The Kier molecular flexibility index (Phi) is 6.22. The number of hydrogen-bond acceptors (Lipinski definition) is 3. The van der Waals surface area contributed by atoms with Crippen molar-refractivity contribution in [2.24, 2.45) is 0 Å². The van der Waals surface area contributed by atoms with Crippen LogP contribution in [0.3, 0.4) is 0 Å². The summed E-state index contributed by atoms with van der Waals surface area (Å²) in [4.78, 5) is 7.79. The van der Waals surface area contributed by atoms with Crippen molar-refractivity contribution in [2.45, 2.75) is 95.2 Å². The molecule has 4 heteroatoms. The number of imidazole rings is 1. The van der Waals surface area contributed by atoms with Gasteiger partial charge < -0.3 is 9.88 Å². The summed E-state index contributed by atoms with van der Waals surface area (Å²) in [7, 11) is 0. The molecule has 0 aliphatic carbocycles. The van der Waals surface area contributed by atoms with E-state index in [0.717, 1.165) is 30.7 Å². The van der Waals surface area contributed by atoms with Gasteiger partial charge in [0.05, 0.1) is 11.0 Å². The molecule has 4 nitrogen and oxygen atoms in total. The molecule has 3 aliphatic rings. The third-order valence-electron chi connectivity index (χ3n) is 9.60. The summed E-state index contributed by atoms with van der Waals surface area (Å²) in [6.07, 6.45) is 9.10. The summed E-state index contributed by atoms with van der Waals surface area (Å²) in [5.41, 5.74) is 5.83. The van der Waals surface area contributed by atoms with Crippen LogP contribution in [0.2, 0.25) is 0 Å². The first-order valence-corrected chi connectivity index (χ1v) is 14.0. The van der Waals surface area contributed by atoms with Crippen LogP contribution in [0, 0.1) is 6.92 Å². The van der Waals surface area contributed by atoms with Gasteiger partial charge in [-0.05, 0) is 106 Å². The van der Waals surface area contributed by atoms with E-state index in [9.17, 15) is 0 Å². The summed E-state index contributed by atoms with van der Waals surface area (Å²) in [6.45, 7) is 10.3. The second-order valence-electron chi connectivity index (χ2n) is 11.8. The number of fused-ring (bicyclic) bond motifs is 3. The molecular weight excluding hydrogens is 428 g/mol. The molecule has 4 heterocycles. The minimum Gasteiger partial charge on any atom is -0.325 e. The predicted molar refractivity (Wildman–Crippen MR) is 145 cm³/mol. The standard InChI is InChI=1S/C31H42N4/c1-22(2)24-8-10-25(11-9-24)31(14-17-32-18-15-31)16-19-34-26-12-13-27(34)21-28(20-26)35-23(3)33-29-6-4-5-7-30(29)35/h4-11,22,26-28,32H,12-21H2,1-3H3/t26-,27+,28?. The first-order chi connectivity index (χ1) is 17.0. The van der Waals surface area contributed by atoms with Gasteiger partial charge >= 0.3 is 0 Å². The smallest absolute Gasteiger partial charge is 0.106 e. The zero-order valence-electron chi connectivity index (χ0n) is 21.8. The van der Waals surface area contributed by atoms with Gasteiger partial charge in [0.1, 0.15) is 5.82 Å². The minimum absolute atomic E-state index is 0.328. The lowest BCUT2D eigenvalue weighted by atomic mass is 9.70. The Bertz CT molecular complexity index is 1140. The van der Waals surface area contributed by atoms with Crippen LogP contribution in [0.25, 0.3) is 11.0 Å². The molecule has 0 radical (unpaired) electrons. The highest BCUT2D eigenvalue weighted by molar-refractivity contribution is 5.76. The highest BCUT2D eigenvalue weighted by atomic mass is 15.2. The van der Waals surface area contributed by atoms with Crippen LogP contribution in [0.4, 0.5) is 0 Å². The first-order valence-electron chi connectivity index (χ1n) is 14.0.